The van der Waals surface area contributed by atoms with E-state index in [0.717, 1.165) is 12.3 Å². The standard InChI is InChI=1S/C23H25FN6O4S/c1-5-17-21(27-19-7-6-16(12-18(19)24)35(4,31)32)25-13-26-22(17)33-15-8-10-30(11-9-15)23-28-20(14(2)3)29-34-23/h1,6-7,12-15H,8-11H2,2-4H3,(H,25,26,27). The molecule has 12 heteroatoms. The normalized spacial score (nSPS) is 14.7. The zero-order valence-electron chi connectivity index (χ0n) is 19.5. The first kappa shape index (κ1) is 24.4. The quantitative estimate of drug-likeness (QED) is 0.483. The van der Waals surface area contributed by atoms with Crippen LogP contribution in [0.15, 0.2) is 33.9 Å². The molecule has 0 amide bonds. The molecule has 0 bridgehead atoms. The number of rotatable bonds is 7. The number of hydrogen-bond donors (Lipinski definition) is 1. The third-order valence-corrected chi connectivity index (χ3v) is 6.63. The summed E-state index contributed by atoms with van der Waals surface area (Å²) in [7, 11) is -3.54. The van der Waals surface area contributed by atoms with E-state index in [0.29, 0.717) is 37.8 Å². The second-order valence-electron chi connectivity index (χ2n) is 8.48. The van der Waals surface area contributed by atoms with Crippen LogP contribution in [0.25, 0.3) is 0 Å². The SMILES string of the molecule is C#Cc1c(Nc2ccc(S(C)(=O)=O)cc2F)ncnc1OC1CCN(c2nc(C(C)C)no2)CC1. The van der Waals surface area contributed by atoms with Crippen LogP contribution in [-0.2, 0) is 9.84 Å². The van der Waals surface area contributed by atoms with Gasteiger partial charge in [0.25, 0.3) is 0 Å². The van der Waals surface area contributed by atoms with Crippen LogP contribution in [0.3, 0.4) is 0 Å². The maximum atomic E-state index is 14.5. The number of ether oxygens (including phenoxy) is 1. The fraction of sp³-hybridized carbons (Fsp3) is 0.391. The van der Waals surface area contributed by atoms with E-state index in [-0.39, 0.29) is 39.9 Å². The highest BCUT2D eigenvalue weighted by Crippen LogP contribution is 2.29. The molecule has 184 valence electrons. The van der Waals surface area contributed by atoms with Gasteiger partial charge in [-0.3, -0.25) is 0 Å². The van der Waals surface area contributed by atoms with Crippen LogP contribution < -0.4 is 15.0 Å². The Labute approximate surface area is 202 Å². The third-order valence-electron chi connectivity index (χ3n) is 5.52. The molecule has 1 saturated heterocycles. The maximum Gasteiger partial charge on any atom is 0.324 e. The largest absolute Gasteiger partial charge is 0.473 e. The van der Waals surface area contributed by atoms with Gasteiger partial charge < -0.3 is 19.5 Å². The van der Waals surface area contributed by atoms with Gasteiger partial charge in [0.15, 0.2) is 21.5 Å². The molecule has 0 radical (unpaired) electrons. The van der Waals surface area contributed by atoms with Gasteiger partial charge in [-0.05, 0) is 18.2 Å². The van der Waals surface area contributed by atoms with E-state index < -0.39 is 15.7 Å². The van der Waals surface area contributed by atoms with Crippen LogP contribution in [0.1, 0.15) is 44.0 Å². The first-order valence-electron chi connectivity index (χ1n) is 11.0. The predicted octanol–water partition coefficient (Wildman–Crippen LogP) is 3.30. The van der Waals surface area contributed by atoms with Gasteiger partial charge in [0.05, 0.1) is 10.6 Å². The molecule has 0 saturated carbocycles. The molecule has 1 aliphatic rings. The summed E-state index contributed by atoms with van der Waals surface area (Å²) in [5.74, 6) is 2.97. The smallest absolute Gasteiger partial charge is 0.324 e. The first-order chi connectivity index (χ1) is 16.7. The summed E-state index contributed by atoms with van der Waals surface area (Å²) in [4.78, 5) is 14.6. The second-order valence-corrected chi connectivity index (χ2v) is 10.5. The van der Waals surface area contributed by atoms with Crippen LogP contribution in [0, 0.1) is 18.2 Å². The molecule has 0 atom stereocenters. The Balaban J connectivity index is 1.45. The van der Waals surface area contributed by atoms with E-state index in [2.05, 4.69) is 31.3 Å². The monoisotopic (exact) mass is 500 g/mol. The van der Waals surface area contributed by atoms with Crippen molar-refractivity contribution in [2.24, 2.45) is 0 Å². The molecule has 1 fully saturated rings. The lowest BCUT2D eigenvalue weighted by Crippen LogP contribution is -2.38. The van der Waals surface area contributed by atoms with E-state index in [4.69, 9.17) is 15.7 Å². The maximum absolute atomic E-state index is 14.5. The zero-order valence-corrected chi connectivity index (χ0v) is 20.3. The second kappa shape index (κ2) is 9.87. The van der Waals surface area contributed by atoms with Gasteiger partial charge in [0.1, 0.15) is 23.8 Å². The Bertz CT molecular complexity index is 1360. The van der Waals surface area contributed by atoms with Gasteiger partial charge >= 0.3 is 6.01 Å². The van der Waals surface area contributed by atoms with Crippen molar-refractivity contribution in [1.82, 2.24) is 20.1 Å². The van der Waals surface area contributed by atoms with Crippen molar-refractivity contribution >= 4 is 27.4 Å². The van der Waals surface area contributed by atoms with E-state index in [1.54, 1.807) is 0 Å². The van der Waals surface area contributed by atoms with E-state index >= 15 is 0 Å². The molecule has 1 N–H and O–H groups in total. The number of nitrogens with one attached hydrogen (secondary N) is 1. The number of nitrogens with zero attached hydrogens (tertiary/aromatic N) is 5. The molecular formula is C23H25FN6O4S. The Morgan fingerprint density at radius 3 is 2.63 bits per heavy atom. The van der Waals surface area contributed by atoms with Gasteiger partial charge in [0.2, 0.25) is 5.88 Å². The van der Waals surface area contributed by atoms with Crippen molar-refractivity contribution in [3.8, 4) is 18.2 Å². The van der Waals surface area contributed by atoms with E-state index in [1.165, 1.54) is 18.5 Å². The highest BCUT2D eigenvalue weighted by atomic mass is 32.2. The minimum atomic E-state index is -3.54. The van der Waals surface area contributed by atoms with Crippen LogP contribution in [0.5, 0.6) is 5.88 Å². The molecule has 3 heterocycles. The molecule has 0 spiro atoms. The minimum absolute atomic E-state index is 0.0205. The first-order valence-corrected chi connectivity index (χ1v) is 12.9. The van der Waals surface area contributed by atoms with Crippen molar-refractivity contribution < 1.29 is 22.1 Å². The summed E-state index contributed by atoms with van der Waals surface area (Å²) in [6, 6.07) is 4.05. The molecule has 2 aromatic heterocycles. The lowest BCUT2D eigenvalue weighted by atomic mass is 10.1. The molecule has 1 aliphatic heterocycles. The Morgan fingerprint density at radius 1 is 1.29 bits per heavy atom. The Kier molecular flexibility index (Phi) is 6.88. The molecular weight excluding hydrogens is 475 g/mol. The molecule has 0 unspecified atom stereocenters. The average Bonchev–Trinajstić information content (AvgIpc) is 3.31. The summed E-state index contributed by atoms with van der Waals surface area (Å²) in [6.07, 6.45) is 9.17. The fourth-order valence-corrected chi connectivity index (χ4v) is 4.18. The number of halogens is 1. The molecule has 3 aromatic rings. The van der Waals surface area contributed by atoms with Crippen molar-refractivity contribution in [3.63, 3.8) is 0 Å². The molecule has 10 nitrogen and oxygen atoms in total. The van der Waals surface area contributed by atoms with E-state index in [9.17, 15) is 12.8 Å². The molecule has 1 aromatic carbocycles. The summed E-state index contributed by atoms with van der Waals surface area (Å²) in [5.41, 5.74) is 0.257. The topological polar surface area (TPSA) is 123 Å². The number of sulfone groups is 1. The zero-order chi connectivity index (χ0) is 25.2. The van der Waals surface area contributed by atoms with Crippen LogP contribution in [-0.4, -0.2) is 54.0 Å². The summed E-state index contributed by atoms with van der Waals surface area (Å²) >= 11 is 0. The molecule has 4 rings (SSSR count). The number of terminal acetylenes is 1. The molecule has 35 heavy (non-hydrogen) atoms. The average molecular weight is 501 g/mol. The number of aromatic nitrogens is 4. The highest BCUT2D eigenvalue weighted by molar-refractivity contribution is 7.90. The number of piperidine rings is 1. The van der Waals surface area contributed by atoms with Crippen molar-refractivity contribution in [2.45, 2.75) is 43.6 Å². The lowest BCUT2D eigenvalue weighted by Gasteiger charge is -2.30. The predicted molar refractivity (Wildman–Crippen MR) is 127 cm³/mol. The number of benzene rings is 1. The third kappa shape index (κ3) is 5.51. The number of hydrogen-bond acceptors (Lipinski definition) is 10. The van der Waals surface area contributed by atoms with Gasteiger partial charge in [0, 0.05) is 38.1 Å². The van der Waals surface area contributed by atoms with Gasteiger partial charge in [-0.2, -0.15) is 4.98 Å². The summed E-state index contributed by atoms with van der Waals surface area (Å²) < 4.78 is 49.3. The van der Waals surface area contributed by atoms with Gasteiger partial charge in [-0.1, -0.05) is 24.9 Å². The number of anilines is 3. The van der Waals surface area contributed by atoms with Crippen LogP contribution in [0.4, 0.5) is 21.9 Å². The minimum Gasteiger partial charge on any atom is -0.473 e. The van der Waals surface area contributed by atoms with Crippen LogP contribution in [0.2, 0.25) is 0 Å². The van der Waals surface area contributed by atoms with Gasteiger partial charge in [-0.15, -0.1) is 6.42 Å². The van der Waals surface area contributed by atoms with Crippen molar-refractivity contribution in [1.29, 1.82) is 0 Å². The van der Waals surface area contributed by atoms with Crippen molar-refractivity contribution in [3.05, 3.63) is 41.7 Å². The summed E-state index contributed by atoms with van der Waals surface area (Å²) in [5, 5.41) is 6.81. The summed E-state index contributed by atoms with van der Waals surface area (Å²) in [6.45, 7) is 5.32. The van der Waals surface area contributed by atoms with Gasteiger partial charge in [-0.25, -0.2) is 22.8 Å². The Morgan fingerprint density at radius 2 is 2.03 bits per heavy atom. The lowest BCUT2D eigenvalue weighted by molar-refractivity contribution is 0.161. The fourth-order valence-electron chi connectivity index (χ4n) is 3.55. The molecule has 0 aliphatic carbocycles. The Hall–Kier alpha value is -3.72. The van der Waals surface area contributed by atoms with Crippen molar-refractivity contribution in [2.75, 3.05) is 29.6 Å². The van der Waals surface area contributed by atoms with E-state index in [1.807, 2.05) is 18.7 Å². The highest BCUT2D eigenvalue weighted by Gasteiger charge is 2.26. The van der Waals surface area contributed by atoms with Crippen LogP contribution >= 0.6 is 0 Å².